The molecular formula is C28H34ClF2N3O4S. The fraction of sp³-hybridized carbons (Fsp3) is 0.536. The molecule has 1 aliphatic carbocycles. The summed E-state index contributed by atoms with van der Waals surface area (Å²) in [5.41, 5.74) is -0.752. The Morgan fingerprint density at radius 2 is 1.62 bits per heavy atom. The van der Waals surface area contributed by atoms with Gasteiger partial charge >= 0.3 is 6.09 Å². The van der Waals surface area contributed by atoms with Crippen molar-refractivity contribution >= 4 is 27.7 Å². The van der Waals surface area contributed by atoms with Gasteiger partial charge in [-0.2, -0.15) is 4.31 Å². The van der Waals surface area contributed by atoms with E-state index in [0.717, 1.165) is 19.2 Å². The maximum Gasteiger partial charge on any atom is 0.410 e. The molecule has 3 aliphatic rings. The van der Waals surface area contributed by atoms with Gasteiger partial charge in [0.25, 0.3) is 0 Å². The maximum absolute atomic E-state index is 14.3. The lowest BCUT2D eigenvalue weighted by molar-refractivity contribution is -0.0153. The predicted octanol–water partition coefficient (Wildman–Crippen LogP) is 5.60. The second-order valence-corrected chi connectivity index (χ2v) is 13.3. The standard InChI is InChI=1S/C28H34ClF2N3O4S/c1-19(2)32-12-14-33(15-13-32)27(35)38-28(10-11-28)26-5-3-4-25(20-16-22(30)18-23(31)17-20)34(26)39(36,37)24-8-6-21(29)7-9-24/h6-9,16-19,25-26H,3-5,10-15H2,1-2H3. The molecule has 2 saturated heterocycles. The van der Waals surface area contributed by atoms with Crippen LogP contribution in [0.15, 0.2) is 47.4 Å². The van der Waals surface area contributed by atoms with E-state index in [0.29, 0.717) is 56.3 Å². The van der Waals surface area contributed by atoms with Gasteiger partial charge in [0.15, 0.2) is 0 Å². The molecule has 2 heterocycles. The first-order valence-electron chi connectivity index (χ1n) is 13.5. The van der Waals surface area contributed by atoms with Crippen LogP contribution in [0.25, 0.3) is 0 Å². The summed E-state index contributed by atoms with van der Waals surface area (Å²) in [5, 5.41) is 0.387. The zero-order chi connectivity index (χ0) is 27.9. The highest BCUT2D eigenvalue weighted by atomic mass is 35.5. The summed E-state index contributed by atoms with van der Waals surface area (Å²) < 4.78 is 64.3. The first-order chi connectivity index (χ1) is 18.5. The minimum Gasteiger partial charge on any atom is -0.441 e. The first kappa shape index (κ1) is 28.3. The summed E-state index contributed by atoms with van der Waals surface area (Å²) in [6, 6.07) is 7.85. The van der Waals surface area contributed by atoms with E-state index in [2.05, 4.69) is 18.7 Å². The number of piperidine rings is 1. The second kappa shape index (κ2) is 11.0. The van der Waals surface area contributed by atoms with E-state index in [4.69, 9.17) is 16.3 Å². The molecule has 0 aromatic heterocycles. The normalized spacial score (nSPS) is 24.1. The van der Waals surface area contributed by atoms with Crippen LogP contribution in [0, 0.1) is 11.6 Å². The fourth-order valence-electron chi connectivity index (χ4n) is 5.90. The molecule has 0 spiro atoms. The molecule has 3 fully saturated rings. The van der Waals surface area contributed by atoms with Gasteiger partial charge in [-0.15, -0.1) is 0 Å². The molecule has 7 nitrogen and oxygen atoms in total. The highest BCUT2D eigenvalue weighted by Gasteiger charge is 2.60. The molecule has 2 aliphatic heterocycles. The molecular weight excluding hydrogens is 548 g/mol. The number of piperazine rings is 1. The van der Waals surface area contributed by atoms with Crippen LogP contribution in [0.4, 0.5) is 13.6 Å². The van der Waals surface area contributed by atoms with E-state index < -0.39 is 45.4 Å². The summed E-state index contributed by atoms with van der Waals surface area (Å²) in [5.74, 6) is -1.55. The maximum atomic E-state index is 14.3. The van der Waals surface area contributed by atoms with E-state index in [9.17, 15) is 22.0 Å². The smallest absolute Gasteiger partial charge is 0.410 e. The number of rotatable bonds is 6. The van der Waals surface area contributed by atoms with Crippen molar-refractivity contribution in [1.82, 2.24) is 14.1 Å². The number of hydrogen-bond donors (Lipinski definition) is 0. The molecule has 0 bridgehead atoms. The zero-order valence-corrected chi connectivity index (χ0v) is 23.7. The van der Waals surface area contributed by atoms with Crippen molar-refractivity contribution in [2.45, 2.75) is 74.6 Å². The third kappa shape index (κ3) is 5.80. The van der Waals surface area contributed by atoms with Gasteiger partial charge in [-0.25, -0.2) is 22.0 Å². The summed E-state index contributed by atoms with van der Waals surface area (Å²) in [4.78, 5) is 17.3. The third-order valence-corrected chi connectivity index (χ3v) is 10.4. The molecule has 2 atom stereocenters. The Bertz CT molecular complexity index is 1290. The molecule has 5 rings (SSSR count). The van der Waals surface area contributed by atoms with Gasteiger partial charge in [-0.3, -0.25) is 4.90 Å². The van der Waals surface area contributed by atoms with Crippen molar-refractivity contribution in [3.63, 3.8) is 0 Å². The largest absolute Gasteiger partial charge is 0.441 e. The quantitative estimate of drug-likeness (QED) is 0.444. The van der Waals surface area contributed by atoms with E-state index in [1.807, 2.05) is 0 Å². The van der Waals surface area contributed by atoms with Gasteiger partial charge in [0.1, 0.15) is 17.2 Å². The second-order valence-electron chi connectivity index (χ2n) is 11.0. The molecule has 1 saturated carbocycles. The Kier molecular flexibility index (Phi) is 7.94. The molecule has 1 amide bonds. The average molecular weight is 582 g/mol. The van der Waals surface area contributed by atoms with Gasteiger partial charge in [-0.1, -0.05) is 11.6 Å². The zero-order valence-electron chi connectivity index (χ0n) is 22.2. The van der Waals surface area contributed by atoms with E-state index >= 15 is 0 Å². The summed E-state index contributed by atoms with van der Waals surface area (Å²) in [6.07, 6.45) is 2.06. The third-order valence-electron chi connectivity index (χ3n) is 8.17. The Balaban J connectivity index is 1.47. The van der Waals surface area contributed by atoms with E-state index in [1.54, 1.807) is 4.90 Å². The molecule has 2 unspecified atom stereocenters. The Hall–Kier alpha value is -2.27. The highest BCUT2D eigenvalue weighted by Crippen LogP contribution is 2.52. The van der Waals surface area contributed by atoms with Gasteiger partial charge in [-0.05, 0) is 87.9 Å². The Morgan fingerprint density at radius 3 is 2.18 bits per heavy atom. The fourth-order valence-corrected chi connectivity index (χ4v) is 7.95. The van der Waals surface area contributed by atoms with Crippen LogP contribution in [0.3, 0.4) is 0 Å². The van der Waals surface area contributed by atoms with Crippen molar-refractivity contribution in [2.75, 3.05) is 26.2 Å². The van der Waals surface area contributed by atoms with Crippen LogP contribution in [-0.2, 0) is 14.8 Å². The monoisotopic (exact) mass is 581 g/mol. The lowest BCUT2D eigenvalue weighted by Gasteiger charge is -2.45. The SMILES string of the molecule is CC(C)N1CCN(C(=O)OC2(C3CCCC(c4cc(F)cc(F)c4)N3S(=O)(=O)c3ccc(Cl)cc3)CC2)CC1. The average Bonchev–Trinajstić information content (AvgIpc) is 3.68. The van der Waals surface area contributed by atoms with Crippen LogP contribution in [0.1, 0.15) is 57.6 Å². The van der Waals surface area contributed by atoms with E-state index in [-0.39, 0.29) is 10.5 Å². The number of ether oxygens (including phenoxy) is 1. The summed E-state index contributed by atoms with van der Waals surface area (Å²) >= 11 is 6.02. The number of carbonyl (C=O) groups is 1. The predicted molar refractivity (Wildman–Crippen MR) is 144 cm³/mol. The molecule has 2 aromatic rings. The first-order valence-corrected chi connectivity index (χ1v) is 15.3. The molecule has 0 N–H and O–H groups in total. The van der Waals surface area contributed by atoms with E-state index in [1.165, 1.54) is 40.7 Å². The lowest BCUT2D eigenvalue weighted by atomic mass is 9.90. The van der Waals surface area contributed by atoms with Gasteiger partial charge in [0, 0.05) is 43.3 Å². The van der Waals surface area contributed by atoms with Crippen LogP contribution in [0.2, 0.25) is 5.02 Å². The van der Waals surface area contributed by atoms with Crippen LogP contribution < -0.4 is 0 Å². The van der Waals surface area contributed by atoms with Crippen LogP contribution >= 0.6 is 11.6 Å². The molecule has 212 valence electrons. The number of amides is 1. The van der Waals surface area contributed by atoms with Crippen molar-refractivity contribution in [2.24, 2.45) is 0 Å². The highest BCUT2D eigenvalue weighted by molar-refractivity contribution is 7.89. The minimum atomic E-state index is -4.15. The number of nitrogens with zero attached hydrogens (tertiary/aromatic N) is 3. The van der Waals surface area contributed by atoms with Crippen LogP contribution in [0.5, 0.6) is 0 Å². The minimum absolute atomic E-state index is 0.0209. The number of sulfonamides is 1. The number of hydrogen-bond acceptors (Lipinski definition) is 5. The number of carbonyl (C=O) groups excluding carboxylic acids is 1. The molecule has 11 heteroatoms. The van der Waals surface area contributed by atoms with Gasteiger partial charge < -0.3 is 9.64 Å². The van der Waals surface area contributed by atoms with Crippen molar-refractivity contribution < 1.29 is 26.7 Å². The van der Waals surface area contributed by atoms with Crippen molar-refractivity contribution in [3.8, 4) is 0 Å². The summed E-state index contributed by atoms with van der Waals surface area (Å²) in [6.45, 7) is 6.80. The molecule has 39 heavy (non-hydrogen) atoms. The number of benzene rings is 2. The summed E-state index contributed by atoms with van der Waals surface area (Å²) in [7, 11) is -4.15. The molecule has 0 radical (unpaired) electrons. The Labute approximate surface area is 233 Å². The van der Waals surface area contributed by atoms with Gasteiger partial charge in [0.2, 0.25) is 10.0 Å². The number of halogens is 3. The van der Waals surface area contributed by atoms with Crippen molar-refractivity contribution in [1.29, 1.82) is 0 Å². The van der Waals surface area contributed by atoms with Gasteiger partial charge in [0.05, 0.1) is 17.0 Å². The topological polar surface area (TPSA) is 70.2 Å². The van der Waals surface area contributed by atoms with Crippen LogP contribution in [-0.4, -0.2) is 72.5 Å². The Morgan fingerprint density at radius 1 is 1.00 bits per heavy atom. The van der Waals surface area contributed by atoms with Crippen molar-refractivity contribution in [3.05, 3.63) is 64.7 Å². The molecule has 2 aromatic carbocycles. The lowest BCUT2D eigenvalue weighted by Crippen LogP contribution is -2.56.